The normalized spacial score (nSPS) is 11.9. The first-order chi connectivity index (χ1) is 11.9. The van der Waals surface area contributed by atoms with Crippen LogP contribution >= 0.6 is 22.9 Å². The van der Waals surface area contributed by atoms with E-state index in [0.717, 1.165) is 11.3 Å². The van der Waals surface area contributed by atoms with Crippen LogP contribution in [0.3, 0.4) is 0 Å². The minimum atomic E-state index is -0.649. The molecule has 130 valence electrons. The number of hydrogen-bond donors (Lipinski definition) is 1. The summed E-state index contributed by atoms with van der Waals surface area (Å²) in [5.41, 5.74) is 0.533. The van der Waals surface area contributed by atoms with Crippen molar-refractivity contribution in [2.24, 2.45) is 0 Å². The number of fused-ring (bicyclic) bond motifs is 1. The number of carbonyl (C=O) groups excluding carboxylic acids is 3. The van der Waals surface area contributed by atoms with Crippen molar-refractivity contribution < 1.29 is 28.6 Å². The Bertz CT molecular complexity index is 862. The van der Waals surface area contributed by atoms with Crippen molar-refractivity contribution >= 4 is 46.3 Å². The van der Waals surface area contributed by atoms with E-state index in [0.29, 0.717) is 20.7 Å². The van der Waals surface area contributed by atoms with Crippen LogP contribution in [0, 0.1) is 0 Å². The Morgan fingerprint density at radius 3 is 2.60 bits per heavy atom. The fourth-order valence-corrected chi connectivity index (χ4v) is 3.09. The number of ketones is 1. The average molecular weight is 382 g/mol. The summed E-state index contributed by atoms with van der Waals surface area (Å²) in [6.45, 7) is 0.916. The van der Waals surface area contributed by atoms with Gasteiger partial charge in [-0.15, -0.1) is 11.3 Å². The van der Waals surface area contributed by atoms with E-state index in [2.05, 4.69) is 5.32 Å². The van der Waals surface area contributed by atoms with Crippen LogP contribution in [0.4, 0.5) is 5.69 Å². The molecule has 0 saturated heterocycles. The van der Waals surface area contributed by atoms with E-state index < -0.39 is 18.5 Å². The molecule has 1 aromatic heterocycles. The highest BCUT2D eigenvalue weighted by molar-refractivity contribution is 7.17. The van der Waals surface area contributed by atoms with Crippen molar-refractivity contribution in [3.63, 3.8) is 0 Å². The van der Waals surface area contributed by atoms with Crippen LogP contribution in [-0.2, 0) is 9.53 Å². The number of Topliss-reactive ketones (excluding diaryl/α,β-unsaturated/α-hetero) is 1. The summed E-state index contributed by atoms with van der Waals surface area (Å²) in [6.07, 6.45) is 0. The van der Waals surface area contributed by atoms with Crippen LogP contribution in [0.15, 0.2) is 24.3 Å². The maximum Gasteiger partial charge on any atom is 0.348 e. The SMILES string of the molecule is CC(=O)c1cc2c(cc1NC(=O)COC(=O)c1ccc(Cl)s1)OCO2. The molecule has 9 heteroatoms. The van der Waals surface area contributed by atoms with Crippen molar-refractivity contribution in [1.29, 1.82) is 0 Å². The van der Waals surface area contributed by atoms with Crippen LogP contribution in [0.1, 0.15) is 27.0 Å². The van der Waals surface area contributed by atoms with Crippen LogP contribution < -0.4 is 14.8 Å². The number of nitrogens with one attached hydrogen (secondary N) is 1. The summed E-state index contributed by atoms with van der Waals surface area (Å²) in [7, 11) is 0. The molecule has 2 heterocycles. The van der Waals surface area contributed by atoms with E-state index in [1.165, 1.54) is 25.1 Å². The molecule has 0 spiro atoms. The van der Waals surface area contributed by atoms with Gasteiger partial charge in [0.1, 0.15) is 4.88 Å². The third-order valence-electron chi connectivity index (χ3n) is 3.27. The van der Waals surface area contributed by atoms with Crippen LogP contribution in [0.2, 0.25) is 4.34 Å². The Balaban J connectivity index is 1.66. The number of rotatable bonds is 5. The fourth-order valence-electron chi connectivity index (χ4n) is 2.15. The molecule has 1 amide bonds. The van der Waals surface area contributed by atoms with Gasteiger partial charge in [-0.1, -0.05) is 11.6 Å². The summed E-state index contributed by atoms with van der Waals surface area (Å²) in [4.78, 5) is 35.9. The van der Waals surface area contributed by atoms with Gasteiger partial charge in [-0.05, 0) is 25.1 Å². The molecule has 2 aromatic rings. The zero-order valence-electron chi connectivity index (χ0n) is 13.0. The highest BCUT2D eigenvalue weighted by Crippen LogP contribution is 2.37. The molecule has 0 bridgehead atoms. The van der Waals surface area contributed by atoms with Gasteiger partial charge in [0.05, 0.1) is 10.0 Å². The maximum absolute atomic E-state index is 12.0. The standard InChI is InChI=1S/C16H12ClNO6S/c1-8(19)9-4-11-12(24-7-23-11)5-10(9)18-15(20)6-22-16(21)13-2-3-14(17)25-13/h2-5H,6-7H2,1H3,(H,18,20). The Kier molecular flexibility index (Phi) is 4.91. The third-order valence-corrected chi connectivity index (χ3v) is 4.49. The molecule has 3 rings (SSSR count). The predicted molar refractivity (Wildman–Crippen MR) is 90.8 cm³/mol. The summed E-state index contributed by atoms with van der Waals surface area (Å²) in [5, 5.41) is 2.54. The Morgan fingerprint density at radius 2 is 1.96 bits per heavy atom. The summed E-state index contributed by atoms with van der Waals surface area (Å²) >= 11 is 6.80. The molecule has 1 aliphatic heterocycles. The van der Waals surface area contributed by atoms with Gasteiger partial charge in [0.25, 0.3) is 5.91 Å². The second-order valence-corrected chi connectivity index (χ2v) is 6.75. The maximum atomic E-state index is 12.0. The zero-order chi connectivity index (χ0) is 18.0. The number of benzene rings is 1. The highest BCUT2D eigenvalue weighted by atomic mass is 35.5. The number of anilines is 1. The molecule has 0 aliphatic carbocycles. The van der Waals surface area contributed by atoms with E-state index in [1.54, 1.807) is 6.07 Å². The molecule has 0 radical (unpaired) electrons. The molecule has 1 aliphatic rings. The lowest BCUT2D eigenvalue weighted by Crippen LogP contribution is -2.21. The molecule has 1 N–H and O–H groups in total. The first-order valence-corrected chi connectivity index (χ1v) is 8.30. The molecular weight excluding hydrogens is 370 g/mol. The largest absolute Gasteiger partial charge is 0.454 e. The van der Waals surface area contributed by atoms with Gasteiger partial charge < -0.3 is 19.5 Å². The number of halogens is 1. The summed E-state index contributed by atoms with van der Waals surface area (Å²) in [6, 6.07) is 6.07. The number of amides is 1. The molecule has 1 aromatic carbocycles. The lowest BCUT2D eigenvalue weighted by Gasteiger charge is -2.10. The van der Waals surface area contributed by atoms with Crippen LogP contribution in [-0.4, -0.2) is 31.1 Å². The summed E-state index contributed by atoms with van der Waals surface area (Å²) in [5.74, 6) is -0.629. The van der Waals surface area contributed by atoms with Crippen LogP contribution in [0.25, 0.3) is 0 Å². The van der Waals surface area contributed by atoms with E-state index in [4.69, 9.17) is 25.8 Å². The highest BCUT2D eigenvalue weighted by Gasteiger charge is 2.21. The molecule has 0 fully saturated rings. The van der Waals surface area contributed by atoms with Crippen molar-refractivity contribution in [2.45, 2.75) is 6.92 Å². The van der Waals surface area contributed by atoms with Crippen molar-refractivity contribution in [3.05, 3.63) is 39.0 Å². The molecular formula is C16H12ClNO6S. The second-order valence-electron chi connectivity index (χ2n) is 5.04. The quantitative estimate of drug-likeness (QED) is 0.632. The molecule has 7 nitrogen and oxygen atoms in total. The average Bonchev–Trinajstić information content (AvgIpc) is 3.20. The first kappa shape index (κ1) is 17.2. The minimum absolute atomic E-state index is 0.0467. The first-order valence-electron chi connectivity index (χ1n) is 7.11. The Morgan fingerprint density at radius 1 is 1.24 bits per heavy atom. The van der Waals surface area contributed by atoms with E-state index in [-0.39, 0.29) is 23.8 Å². The van der Waals surface area contributed by atoms with Gasteiger partial charge >= 0.3 is 5.97 Å². The predicted octanol–water partition coefficient (Wildman–Crippen LogP) is 3.13. The smallest absolute Gasteiger partial charge is 0.348 e. The number of ether oxygens (including phenoxy) is 3. The number of thiophene rings is 1. The van der Waals surface area contributed by atoms with E-state index >= 15 is 0 Å². The van der Waals surface area contributed by atoms with Gasteiger partial charge in [0, 0.05) is 11.6 Å². The van der Waals surface area contributed by atoms with Crippen LogP contribution in [0.5, 0.6) is 11.5 Å². The lowest BCUT2D eigenvalue weighted by molar-refractivity contribution is -0.119. The van der Waals surface area contributed by atoms with E-state index in [1.807, 2.05) is 0 Å². The second kappa shape index (κ2) is 7.12. The van der Waals surface area contributed by atoms with E-state index in [9.17, 15) is 14.4 Å². The Hall–Kier alpha value is -2.58. The van der Waals surface area contributed by atoms with Gasteiger partial charge in [0.2, 0.25) is 6.79 Å². The van der Waals surface area contributed by atoms with Crippen molar-refractivity contribution in [1.82, 2.24) is 0 Å². The Labute approximate surface area is 151 Å². The van der Waals surface area contributed by atoms with Gasteiger partial charge in [-0.3, -0.25) is 9.59 Å². The summed E-state index contributed by atoms with van der Waals surface area (Å²) < 4.78 is 15.8. The minimum Gasteiger partial charge on any atom is -0.454 e. The fraction of sp³-hybridized carbons (Fsp3) is 0.188. The molecule has 0 saturated carbocycles. The number of hydrogen-bond acceptors (Lipinski definition) is 7. The van der Waals surface area contributed by atoms with Gasteiger partial charge in [0.15, 0.2) is 23.9 Å². The monoisotopic (exact) mass is 381 g/mol. The number of esters is 1. The molecule has 0 atom stereocenters. The van der Waals surface area contributed by atoms with Crippen molar-refractivity contribution in [2.75, 3.05) is 18.7 Å². The molecule has 25 heavy (non-hydrogen) atoms. The van der Waals surface area contributed by atoms with Gasteiger partial charge in [-0.25, -0.2) is 4.79 Å². The number of carbonyl (C=O) groups is 3. The third kappa shape index (κ3) is 3.92. The zero-order valence-corrected chi connectivity index (χ0v) is 14.5. The lowest BCUT2D eigenvalue weighted by atomic mass is 10.1. The van der Waals surface area contributed by atoms with Crippen molar-refractivity contribution in [3.8, 4) is 11.5 Å². The topological polar surface area (TPSA) is 90.9 Å². The van der Waals surface area contributed by atoms with Gasteiger partial charge in [-0.2, -0.15) is 0 Å². The molecule has 0 unspecified atom stereocenters.